The molecule has 3 N–H and O–H groups in total. The van der Waals surface area contributed by atoms with Gasteiger partial charge in [0.1, 0.15) is 0 Å². The van der Waals surface area contributed by atoms with Crippen LogP contribution in [0.3, 0.4) is 0 Å². The van der Waals surface area contributed by atoms with Crippen molar-refractivity contribution in [2.45, 2.75) is 32.8 Å². The fourth-order valence-electron chi connectivity index (χ4n) is 1.94. The number of benzene rings is 1. The summed E-state index contributed by atoms with van der Waals surface area (Å²) in [5.74, 6) is 0. The molecular formula is C14H24N2O. The lowest BCUT2D eigenvalue weighted by atomic mass is 10.1. The molecule has 0 atom stereocenters. The largest absolute Gasteiger partial charge is 0.399 e. The second-order valence-corrected chi connectivity index (χ2v) is 5.13. The van der Waals surface area contributed by atoms with Gasteiger partial charge in [0.05, 0.1) is 5.60 Å². The summed E-state index contributed by atoms with van der Waals surface area (Å²) in [7, 11) is 0. The Kier molecular flexibility index (Phi) is 4.97. The average Bonchev–Trinajstić information content (AvgIpc) is 2.24. The normalized spacial score (nSPS) is 12.1. The maximum Gasteiger partial charge on any atom is 0.0718 e. The molecule has 17 heavy (non-hydrogen) atoms. The maximum atomic E-state index is 9.80. The molecule has 0 spiro atoms. The summed E-state index contributed by atoms with van der Waals surface area (Å²) in [4.78, 5) is 2.24. The van der Waals surface area contributed by atoms with Crippen LogP contribution in [-0.4, -0.2) is 35.2 Å². The van der Waals surface area contributed by atoms with E-state index in [9.17, 15) is 5.11 Å². The number of nitrogens with two attached hydrogens (primary N) is 1. The summed E-state index contributed by atoms with van der Waals surface area (Å²) < 4.78 is 0. The maximum absolute atomic E-state index is 9.80. The molecule has 0 aliphatic rings. The molecule has 0 aliphatic heterocycles. The van der Waals surface area contributed by atoms with E-state index in [-0.39, 0.29) is 0 Å². The third-order valence-corrected chi connectivity index (χ3v) is 2.81. The van der Waals surface area contributed by atoms with Crippen molar-refractivity contribution in [2.24, 2.45) is 0 Å². The van der Waals surface area contributed by atoms with Crippen molar-refractivity contribution in [3.8, 4) is 0 Å². The summed E-state index contributed by atoms with van der Waals surface area (Å²) in [5.41, 5.74) is 7.30. The van der Waals surface area contributed by atoms with Gasteiger partial charge in [-0.05, 0) is 38.4 Å². The number of aliphatic hydroxyl groups is 1. The number of nitrogens with zero attached hydrogens (tertiary/aromatic N) is 1. The zero-order chi connectivity index (χ0) is 12.9. The van der Waals surface area contributed by atoms with E-state index in [0.717, 1.165) is 25.2 Å². The van der Waals surface area contributed by atoms with Crippen LogP contribution in [0.4, 0.5) is 5.69 Å². The molecule has 0 radical (unpaired) electrons. The Labute approximate surface area is 104 Å². The van der Waals surface area contributed by atoms with Gasteiger partial charge >= 0.3 is 0 Å². The zero-order valence-electron chi connectivity index (χ0n) is 11.1. The first kappa shape index (κ1) is 14.0. The van der Waals surface area contributed by atoms with Crippen molar-refractivity contribution < 1.29 is 5.11 Å². The van der Waals surface area contributed by atoms with Gasteiger partial charge in [0.25, 0.3) is 0 Å². The first-order valence-corrected chi connectivity index (χ1v) is 6.20. The summed E-state index contributed by atoms with van der Waals surface area (Å²) >= 11 is 0. The standard InChI is InChI=1S/C14H24N2O/c1-4-16(11-14(2,3)17)10-9-12-7-5-6-8-13(12)15/h5-8,17H,4,9-11,15H2,1-3H3. The van der Waals surface area contributed by atoms with Gasteiger partial charge in [-0.15, -0.1) is 0 Å². The molecule has 1 aromatic rings. The first-order valence-electron chi connectivity index (χ1n) is 6.20. The van der Waals surface area contributed by atoms with Gasteiger partial charge < -0.3 is 15.7 Å². The molecule has 0 aromatic heterocycles. The summed E-state index contributed by atoms with van der Waals surface area (Å²) in [6, 6.07) is 7.96. The molecule has 0 saturated heterocycles. The molecule has 1 aromatic carbocycles. The monoisotopic (exact) mass is 236 g/mol. The molecule has 0 bridgehead atoms. The van der Waals surface area contributed by atoms with Gasteiger partial charge in [0.2, 0.25) is 0 Å². The van der Waals surface area contributed by atoms with Crippen LogP contribution in [-0.2, 0) is 6.42 Å². The highest BCUT2D eigenvalue weighted by molar-refractivity contribution is 5.46. The van der Waals surface area contributed by atoms with E-state index >= 15 is 0 Å². The van der Waals surface area contributed by atoms with Gasteiger partial charge in [-0.2, -0.15) is 0 Å². The van der Waals surface area contributed by atoms with Crippen molar-refractivity contribution in [1.82, 2.24) is 4.90 Å². The summed E-state index contributed by atoms with van der Waals surface area (Å²) in [5, 5.41) is 9.80. The lowest BCUT2D eigenvalue weighted by Crippen LogP contribution is -2.39. The van der Waals surface area contributed by atoms with Crippen LogP contribution in [0.15, 0.2) is 24.3 Å². The van der Waals surface area contributed by atoms with Crippen molar-refractivity contribution in [1.29, 1.82) is 0 Å². The Morgan fingerprint density at radius 2 is 1.94 bits per heavy atom. The van der Waals surface area contributed by atoms with E-state index in [0.29, 0.717) is 6.54 Å². The van der Waals surface area contributed by atoms with Gasteiger partial charge in [0, 0.05) is 18.8 Å². The van der Waals surface area contributed by atoms with Crippen LogP contribution in [0, 0.1) is 0 Å². The van der Waals surface area contributed by atoms with Crippen molar-refractivity contribution in [2.75, 3.05) is 25.4 Å². The van der Waals surface area contributed by atoms with Gasteiger partial charge in [-0.1, -0.05) is 25.1 Å². The number of anilines is 1. The quantitative estimate of drug-likeness (QED) is 0.742. The van der Waals surface area contributed by atoms with Crippen LogP contribution in [0.25, 0.3) is 0 Å². The van der Waals surface area contributed by atoms with E-state index in [4.69, 9.17) is 5.73 Å². The molecule has 3 nitrogen and oxygen atoms in total. The lowest BCUT2D eigenvalue weighted by molar-refractivity contribution is 0.0382. The fourth-order valence-corrected chi connectivity index (χ4v) is 1.94. The number of hydrogen-bond acceptors (Lipinski definition) is 3. The number of hydrogen-bond donors (Lipinski definition) is 2. The minimum atomic E-state index is -0.641. The highest BCUT2D eigenvalue weighted by Gasteiger charge is 2.16. The average molecular weight is 236 g/mol. The van der Waals surface area contributed by atoms with E-state index < -0.39 is 5.60 Å². The predicted octanol–water partition coefficient (Wildman–Crippen LogP) is 1.90. The fraction of sp³-hybridized carbons (Fsp3) is 0.571. The highest BCUT2D eigenvalue weighted by atomic mass is 16.3. The first-order chi connectivity index (χ1) is 7.92. The van der Waals surface area contributed by atoms with Crippen LogP contribution in [0.2, 0.25) is 0 Å². The number of para-hydroxylation sites is 1. The van der Waals surface area contributed by atoms with Gasteiger partial charge in [-0.25, -0.2) is 0 Å². The molecule has 0 fully saturated rings. The van der Waals surface area contributed by atoms with Crippen molar-refractivity contribution in [3.05, 3.63) is 29.8 Å². The Morgan fingerprint density at radius 1 is 1.29 bits per heavy atom. The molecular weight excluding hydrogens is 212 g/mol. The molecule has 0 unspecified atom stereocenters. The third-order valence-electron chi connectivity index (χ3n) is 2.81. The van der Waals surface area contributed by atoms with Crippen LogP contribution in [0.1, 0.15) is 26.3 Å². The smallest absolute Gasteiger partial charge is 0.0718 e. The molecule has 0 heterocycles. The number of likely N-dealkylation sites (N-methyl/N-ethyl adjacent to an activating group) is 1. The van der Waals surface area contributed by atoms with E-state index in [2.05, 4.69) is 17.9 Å². The molecule has 0 saturated carbocycles. The van der Waals surface area contributed by atoms with E-state index in [1.165, 1.54) is 5.56 Å². The molecule has 3 heteroatoms. The zero-order valence-corrected chi connectivity index (χ0v) is 11.1. The van der Waals surface area contributed by atoms with E-state index in [1.54, 1.807) is 0 Å². The van der Waals surface area contributed by atoms with Gasteiger partial charge in [0.15, 0.2) is 0 Å². The number of rotatable bonds is 6. The van der Waals surface area contributed by atoms with Crippen molar-refractivity contribution >= 4 is 5.69 Å². The molecule has 0 amide bonds. The second kappa shape index (κ2) is 6.03. The lowest BCUT2D eigenvalue weighted by Gasteiger charge is -2.28. The minimum absolute atomic E-state index is 0.641. The number of nitrogen functional groups attached to an aromatic ring is 1. The van der Waals surface area contributed by atoms with Crippen LogP contribution < -0.4 is 5.73 Å². The SMILES string of the molecule is CCN(CCc1ccccc1N)CC(C)(C)O. The van der Waals surface area contributed by atoms with Crippen molar-refractivity contribution in [3.63, 3.8) is 0 Å². The molecule has 1 rings (SSSR count). The Bertz CT molecular complexity index is 344. The topological polar surface area (TPSA) is 49.5 Å². The minimum Gasteiger partial charge on any atom is -0.399 e. The molecule has 0 aliphatic carbocycles. The summed E-state index contributed by atoms with van der Waals surface area (Å²) in [6.45, 7) is 8.35. The second-order valence-electron chi connectivity index (χ2n) is 5.13. The molecule has 96 valence electrons. The predicted molar refractivity (Wildman–Crippen MR) is 73.0 cm³/mol. The third kappa shape index (κ3) is 5.20. The highest BCUT2D eigenvalue weighted by Crippen LogP contribution is 2.12. The van der Waals surface area contributed by atoms with Crippen LogP contribution >= 0.6 is 0 Å². The Hall–Kier alpha value is -1.06. The van der Waals surface area contributed by atoms with Crippen LogP contribution in [0.5, 0.6) is 0 Å². The van der Waals surface area contributed by atoms with E-state index in [1.807, 2.05) is 32.0 Å². The van der Waals surface area contributed by atoms with Gasteiger partial charge in [-0.3, -0.25) is 0 Å². The Balaban J connectivity index is 2.51. The Morgan fingerprint density at radius 3 is 2.47 bits per heavy atom. The summed E-state index contributed by atoms with van der Waals surface area (Å²) in [6.07, 6.45) is 0.927.